The van der Waals surface area contributed by atoms with Crippen LogP contribution in [0.4, 0.5) is 0 Å². The highest BCUT2D eigenvalue weighted by Crippen LogP contribution is 2.46. The number of aromatic nitrogens is 1. The molecule has 166 valence electrons. The standard InChI is InChI=1S/C27H17NO6/c29-17-6-3-14(4-7-17)19-13-33-27-24-18(15-5-8-20-16(10-15)2-1-9-28-20)11-23(31)34-22(24)12-21(30)25(27)26(19)32/h1-10,12-13,18,29-30H,11H2/t18-/m0/s1. The summed E-state index contributed by atoms with van der Waals surface area (Å²) in [7, 11) is 0. The molecule has 34 heavy (non-hydrogen) atoms. The molecule has 1 aliphatic rings. The molecule has 2 aromatic heterocycles. The van der Waals surface area contributed by atoms with Crippen LogP contribution in [0.3, 0.4) is 0 Å². The fourth-order valence-corrected chi connectivity index (χ4v) is 4.57. The first-order valence-electron chi connectivity index (χ1n) is 10.7. The minimum absolute atomic E-state index is 0.00901. The molecule has 0 saturated heterocycles. The van der Waals surface area contributed by atoms with Crippen molar-refractivity contribution in [2.75, 3.05) is 0 Å². The molecule has 0 unspecified atom stereocenters. The highest BCUT2D eigenvalue weighted by Gasteiger charge is 2.33. The normalized spacial score (nSPS) is 15.3. The van der Waals surface area contributed by atoms with Crippen LogP contribution in [0.1, 0.15) is 23.5 Å². The van der Waals surface area contributed by atoms with Crippen molar-refractivity contribution in [3.63, 3.8) is 0 Å². The number of phenols is 2. The Morgan fingerprint density at radius 2 is 1.79 bits per heavy atom. The molecule has 5 aromatic rings. The molecule has 0 bridgehead atoms. The minimum atomic E-state index is -0.439. The molecular formula is C27H17NO6. The number of aromatic hydroxyl groups is 2. The number of esters is 1. The molecule has 3 heterocycles. The summed E-state index contributed by atoms with van der Waals surface area (Å²) >= 11 is 0. The summed E-state index contributed by atoms with van der Waals surface area (Å²) in [4.78, 5) is 30.2. The van der Waals surface area contributed by atoms with Gasteiger partial charge in [0.25, 0.3) is 0 Å². The number of rotatable bonds is 2. The van der Waals surface area contributed by atoms with Crippen LogP contribution >= 0.6 is 0 Å². The highest BCUT2D eigenvalue weighted by molar-refractivity contribution is 5.94. The zero-order valence-electron chi connectivity index (χ0n) is 17.7. The SMILES string of the molecule is O=C1C[C@@H](c2ccc3ncccc3c2)c2c(cc(O)c3c(=O)c(-c4ccc(O)cc4)coc23)O1. The van der Waals surface area contributed by atoms with Crippen LogP contribution in [-0.4, -0.2) is 21.2 Å². The van der Waals surface area contributed by atoms with Crippen LogP contribution < -0.4 is 10.2 Å². The van der Waals surface area contributed by atoms with E-state index in [-0.39, 0.29) is 40.2 Å². The Labute approximate surface area is 192 Å². The van der Waals surface area contributed by atoms with E-state index in [9.17, 15) is 19.8 Å². The Balaban J connectivity index is 1.60. The number of pyridine rings is 1. The van der Waals surface area contributed by atoms with Crippen LogP contribution in [0.5, 0.6) is 17.2 Å². The maximum absolute atomic E-state index is 13.4. The van der Waals surface area contributed by atoms with Gasteiger partial charge in [0.2, 0.25) is 5.43 Å². The number of carbonyl (C=O) groups is 1. The third-order valence-corrected chi connectivity index (χ3v) is 6.18. The van der Waals surface area contributed by atoms with E-state index in [1.165, 1.54) is 24.5 Å². The van der Waals surface area contributed by atoms with Gasteiger partial charge in [0.1, 0.15) is 34.5 Å². The van der Waals surface area contributed by atoms with Gasteiger partial charge in [-0.2, -0.15) is 0 Å². The molecule has 7 heteroatoms. The van der Waals surface area contributed by atoms with Crippen molar-refractivity contribution in [3.8, 4) is 28.4 Å². The molecule has 1 aliphatic heterocycles. The average molecular weight is 451 g/mol. The molecule has 0 aliphatic carbocycles. The number of phenolic OH excluding ortho intramolecular Hbond substituents is 2. The zero-order valence-corrected chi connectivity index (χ0v) is 17.7. The molecule has 6 rings (SSSR count). The van der Waals surface area contributed by atoms with E-state index in [1.54, 1.807) is 18.3 Å². The molecule has 0 amide bonds. The van der Waals surface area contributed by atoms with Gasteiger partial charge < -0.3 is 19.4 Å². The van der Waals surface area contributed by atoms with E-state index in [4.69, 9.17) is 9.15 Å². The fourth-order valence-electron chi connectivity index (χ4n) is 4.57. The quantitative estimate of drug-likeness (QED) is 0.291. The summed E-state index contributed by atoms with van der Waals surface area (Å²) in [6.07, 6.45) is 3.10. The Morgan fingerprint density at radius 1 is 0.971 bits per heavy atom. The van der Waals surface area contributed by atoms with E-state index in [0.29, 0.717) is 11.1 Å². The van der Waals surface area contributed by atoms with Crippen LogP contribution in [0, 0.1) is 0 Å². The highest BCUT2D eigenvalue weighted by atomic mass is 16.5. The molecule has 7 nitrogen and oxygen atoms in total. The van der Waals surface area contributed by atoms with Gasteiger partial charge in [-0.1, -0.05) is 24.3 Å². The van der Waals surface area contributed by atoms with Crippen molar-refractivity contribution in [3.05, 3.63) is 94.5 Å². The average Bonchev–Trinajstić information content (AvgIpc) is 2.84. The van der Waals surface area contributed by atoms with Crippen molar-refractivity contribution in [1.82, 2.24) is 4.98 Å². The summed E-state index contributed by atoms with van der Waals surface area (Å²) in [6, 6.07) is 16.9. The number of hydrogen-bond acceptors (Lipinski definition) is 7. The van der Waals surface area contributed by atoms with Crippen LogP contribution in [0.25, 0.3) is 33.0 Å². The first kappa shape index (κ1) is 20.0. The number of ether oxygens (including phenoxy) is 1. The lowest BCUT2D eigenvalue weighted by atomic mass is 9.84. The van der Waals surface area contributed by atoms with Crippen LogP contribution in [-0.2, 0) is 4.79 Å². The predicted molar refractivity (Wildman–Crippen MR) is 125 cm³/mol. The predicted octanol–water partition coefficient (Wildman–Crippen LogP) is 4.86. The number of carbonyl (C=O) groups excluding carboxylic acids is 1. The summed E-state index contributed by atoms with van der Waals surface area (Å²) in [5.41, 5.74) is 2.72. The smallest absolute Gasteiger partial charge is 0.312 e. The first-order chi connectivity index (χ1) is 16.5. The third kappa shape index (κ3) is 3.09. The Bertz CT molecular complexity index is 1670. The molecule has 0 spiro atoms. The van der Waals surface area contributed by atoms with E-state index < -0.39 is 17.3 Å². The monoisotopic (exact) mass is 451 g/mol. The van der Waals surface area contributed by atoms with E-state index in [0.717, 1.165) is 16.5 Å². The van der Waals surface area contributed by atoms with Crippen molar-refractivity contribution < 1.29 is 24.2 Å². The maximum atomic E-state index is 13.4. The summed E-state index contributed by atoms with van der Waals surface area (Å²) in [5.74, 6) is -0.976. The molecule has 0 saturated carbocycles. The van der Waals surface area contributed by atoms with Crippen molar-refractivity contribution in [2.24, 2.45) is 0 Å². The number of benzene rings is 3. The molecule has 0 fully saturated rings. The van der Waals surface area contributed by atoms with Gasteiger partial charge in [0.05, 0.1) is 17.5 Å². The molecule has 0 radical (unpaired) electrons. The minimum Gasteiger partial charge on any atom is -0.508 e. The zero-order chi connectivity index (χ0) is 23.4. The van der Waals surface area contributed by atoms with Crippen molar-refractivity contribution in [1.29, 1.82) is 0 Å². The van der Waals surface area contributed by atoms with Gasteiger partial charge in [-0.3, -0.25) is 14.6 Å². The molecule has 3 aromatic carbocycles. The molecule has 1 atom stereocenters. The lowest BCUT2D eigenvalue weighted by Gasteiger charge is -2.26. The van der Waals surface area contributed by atoms with Crippen LogP contribution in [0.2, 0.25) is 0 Å². The lowest BCUT2D eigenvalue weighted by Crippen LogP contribution is -2.22. The number of nitrogens with zero attached hydrogens (tertiary/aromatic N) is 1. The third-order valence-electron chi connectivity index (χ3n) is 6.18. The second-order valence-electron chi connectivity index (χ2n) is 8.22. The van der Waals surface area contributed by atoms with E-state index in [1.807, 2.05) is 30.3 Å². The Hall–Kier alpha value is -4.65. The fraction of sp³-hybridized carbons (Fsp3) is 0.0741. The molecule has 2 N–H and O–H groups in total. The van der Waals surface area contributed by atoms with Gasteiger partial charge in [-0.25, -0.2) is 0 Å². The second-order valence-corrected chi connectivity index (χ2v) is 8.22. The largest absolute Gasteiger partial charge is 0.508 e. The molecular weight excluding hydrogens is 434 g/mol. The second kappa shape index (κ2) is 7.45. The van der Waals surface area contributed by atoms with Gasteiger partial charge in [-0.15, -0.1) is 0 Å². The van der Waals surface area contributed by atoms with Gasteiger partial charge in [0.15, 0.2) is 0 Å². The first-order valence-corrected chi connectivity index (χ1v) is 10.7. The van der Waals surface area contributed by atoms with Crippen molar-refractivity contribution in [2.45, 2.75) is 12.3 Å². The Morgan fingerprint density at radius 3 is 2.62 bits per heavy atom. The number of fused-ring (bicyclic) bond motifs is 4. The Kier molecular flexibility index (Phi) is 4.38. The van der Waals surface area contributed by atoms with E-state index in [2.05, 4.69) is 4.98 Å². The van der Waals surface area contributed by atoms with E-state index >= 15 is 0 Å². The summed E-state index contributed by atoms with van der Waals surface area (Å²) < 4.78 is 11.4. The van der Waals surface area contributed by atoms with Crippen LogP contribution in [0.15, 0.2) is 82.3 Å². The lowest BCUT2D eigenvalue weighted by molar-refractivity contribution is -0.135. The number of hydrogen-bond donors (Lipinski definition) is 2. The topological polar surface area (TPSA) is 110 Å². The summed E-state index contributed by atoms with van der Waals surface area (Å²) in [5, 5.41) is 21.2. The van der Waals surface area contributed by atoms with Crippen molar-refractivity contribution >= 4 is 27.8 Å². The summed E-state index contributed by atoms with van der Waals surface area (Å²) in [6.45, 7) is 0. The van der Waals surface area contributed by atoms with Gasteiger partial charge >= 0.3 is 5.97 Å². The maximum Gasteiger partial charge on any atom is 0.312 e. The van der Waals surface area contributed by atoms with Gasteiger partial charge in [-0.05, 0) is 41.5 Å². The van der Waals surface area contributed by atoms with Gasteiger partial charge in [0, 0.05) is 29.1 Å².